The Balaban J connectivity index is 2.52. The number of aromatic amines is 1. The fourth-order valence-corrected chi connectivity index (χ4v) is 2.08. The van der Waals surface area contributed by atoms with Gasteiger partial charge < -0.3 is 20.8 Å². The van der Waals surface area contributed by atoms with Gasteiger partial charge in [-0.05, 0) is 12.7 Å². The summed E-state index contributed by atoms with van der Waals surface area (Å²) >= 11 is 1.25. The van der Waals surface area contributed by atoms with Gasteiger partial charge in [0.25, 0.3) is 0 Å². The Bertz CT molecular complexity index is 510. The molecule has 0 aromatic carbocycles. The quantitative estimate of drug-likeness (QED) is 0.369. The number of H-pyrrole nitrogens is 1. The zero-order chi connectivity index (χ0) is 16.5. The van der Waals surface area contributed by atoms with Crippen molar-refractivity contribution in [1.82, 2.24) is 31.3 Å². The van der Waals surface area contributed by atoms with Crippen LogP contribution in [0.25, 0.3) is 0 Å². The summed E-state index contributed by atoms with van der Waals surface area (Å²) in [6, 6.07) is -3.15. The lowest BCUT2D eigenvalue weighted by atomic mass is 10.1. The topological polar surface area (TPSA) is 170 Å². The molecule has 1 heterocycles. The lowest BCUT2D eigenvalue weighted by Gasteiger charge is -2.17. The molecule has 0 bridgehead atoms. The molecular weight excluding hydrogens is 315 g/mol. The lowest BCUT2D eigenvalue weighted by Crippen LogP contribution is -2.52. The Labute approximate surface area is 129 Å². The van der Waals surface area contributed by atoms with Crippen molar-refractivity contribution in [3.8, 4) is 0 Å². The second kappa shape index (κ2) is 8.81. The van der Waals surface area contributed by atoms with Gasteiger partial charge in [-0.2, -0.15) is 17.0 Å². The molecule has 22 heavy (non-hydrogen) atoms. The van der Waals surface area contributed by atoms with Crippen LogP contribution in [0, 0.1) is 0 Å². The first kappa shape index (κ1) is 17.7. The molecule has 0 aliphatic heterocycles. The van der Waals surface area contributed by atoms with Gasteiger partial charge >= 0.3 is 18.0 Å². The summed E-state index contributed by atoms with van der Waals surface area (Å²) in [7, 11) is 0. The van der Waals surface area contributed by atoms with Crippen LogP contribution in [0.1, 0.15) is 12.2 Å². The SMILES string of the molecule is [11CH3]SCC(NC(=O)NC(CCc1nn[nH]n1)C(=O)O)C(=O)O. The highest BCUT2D eigenvalue weighted by atomic mass is 32.2. The number of amides is 2. The van der Waals surface area contributed by atoms with Gasteiger partial charge in [0, 0.05) is 12.2 Å². The largest absolute Gasteiger partial charge is 0.480 e. The lowest BCUT2D eigenvalue weighted by molar-refractivity contribution is -0.139. The predicted octanol–water partition coefficient (Wildman–Crippen LogP) is -1.30. The van der Waals surface area contributed by atoms with Crippen LogP contribution in [-0.2, 0) is 16.0 Å². The molecule has 0 saturated heterocycles. The molecule has 0 fully saturated rings. The molecule has 2 amide bonds. The highest BCUT2D eigenvalue weighted by Gasteiger charge is 2.24. The molecule has 1 aromatic heterocycles. The molecule has 0 spiro atoms. The third-order valence-electron chi connectivity index (χ3n) is 2.59. The van der Waals surface area contributed by atoms with Crippen LogP contribution in [0.4, 0.5) is 4.79 Å². The Morgan fingerprint density at radius 2 is 1.86 bits per heavy atom. The summed E-state index contributed by atoms with van der Waals surface area (Å²) in [5.74, 6) is -1.94. The second-order valence-corrected chi connectivity index (χ2v) is 5.13. The molecule has 122 valence electrons. The van der Waals surface area contributed by atoms with E-state index in [4.69, 9.17) is 10.2 Å². The van der Waals surface area contributed by atoms with E-state index in [1.165, 1.54) is 11.8 Å². The number of carboxylic acids is 2. The highest BCUT2D eigenvalue weighted by molar-refractivity contribution is 7.98. The summed E-state index contributed by atoms with van der Waals surface area (Å²) in [6.45, 7) is 0. The summed E-state index contributed by atoms with van der Waals surface area (Å²) < 4.78 is 0. The van der Waals surface area contributed by atoms with E-state index in [0.717, 1.165) is 0 Å². The van der Waals surface area contributed by atoms with Crippen molar-refractivity contribution in [1.29, 1.82) is 0 Å². The smallest absolute Gasteiger partial charge is 0.327 e. The molecule has 1 aromatic rings. The summed E-state index contributed by atoms with van der Waals surface area (Å²) in [5.41, 5.74) is 0. The molecule has 12 heteroatoms. The van der Waals surface area contributed by atoms with Crippen LogP contribution < -0.4 is 10.6 Å². The van der Waals surface area contributed by atoms with Crippen molar-refractivity contribution in [2.24, 2.45) is 0 Å². The zero-order valence-electron chi connectivity index (χ0n) is 11.6. The van der Waals surface area contributed by atoms with Gasteiger partial charge in [-0.15, -0.1) is 10.2 Å². The summed E-state index contributed by atoms with van der Waals surface area (Å²) in [4.78, 5) is 33.7. The Morgan fingerprint density at radius 1 is 1.23 bits per heavy atom. The van der Waals surface area contributed by atoms with Crippen LogP contribution in [-0.4, -0.2) is 72.9 Å². The number of carboxylic acid groups (broad SMARTS) is 2. The first-order chi connectivity index (χ1) is 10.4. The van der Waals surface area contributed by atoms with Gasteiger partial charge in [0.2, 0.25) is 0 Å². The zero-order valence-corrected chi connectivity index (χ0v) is 12.5. The number of rotatable bonds is 9. The number of aliphatic carboxylic acids is 2. The van der Waals surface area contributed by atoms with E-state index in [-0.39, 0.29) is 18.6 Å². The minimum atomic E-state index is -1.24. The van der Waals surface area contributed by atoms with Gasteiger partial charge in [-0.1, -0.05) is 5.21 Å². The number of carbonyl (C=O) groups is 3. The van der Waals surface area contributed by atoms with Crippen LogP contribution >= 0.6 is 11.8 Å². The highest BCUT2D eigenvalue weighted by Crippen LogP contribution is 2.01. The molecule has 0 saturated carbocycles. The standard InChI is InChI=1S/C10H16N6O5S/c1-22-4-6(9(19)20)12-10(21)11-5(8(17)18)2-3-7-13-15-16-14-7/h5-6H,2-4H2,1H3,(H,17,18)(H,19,20)(H2,11,12,21)(H,13,14,15,16)/i1-1. The molecule has 0 aliphatic rings. The molecule has 11 nitrogen and oxygen atoms in total. The molecule has 1 rings (SSSR count). The second-order valence-electron chi connectivity index (χ2n) is 4.22. The third kappa shape index (κ3) is 5.95. The first-order valence-electron chi connectivity index (χ1n) is 6.18. The number of thioether (sulfide) groups is 1. The van der Waals surface area contributed by atoms with E-state index < -0.39 is 30.1 Å². The molecule has 5 N–H and O–H groups in total. The van der Waals surface area contributed by atoms with Crippen LogP contribution in [0.3, 0.4) is 0 Å². The van der Waals surface area contributed by atoms with Crippen LogP contribution in [0.5, 0.6) is 0 Å². The normalized spacial score (nSPS) is 13.1. The van der Waals surface area contributed by atoms with Gasteiger partial charge in [0.1, 0.15) is 12.1 Å². The molecule has 2 atom stereocenters. The number of nitrogens with one attached hydrogen (secondary N) is 3. The first-order valence-corrected chi connectivity index (χ1v) is 7.57. The van der Waals surface area contributed by atoms with E-state index >= 15 is 0 Å². The minimum absolute atomic E-state index is 0.0442. The number of aryl methyl sites for hydroxylation is 1. The van der Waals surface area contributed by atoms with Crippen LogP contribution in [0.2, 0.25) is 0 Å². The van der Waals surface area contributed by atoms with E-state index in [1.54, 1.807) is 6.26 Å². The maximum atomic E-state index is 11.7. The number of urea groups is 1. The molecular formula is C10H16N6O5S. The van der Waals surface area contributed by atoms with Crippen molar-refractivity contribution in [3.05, 3.63) is 5.82 Å². The fraction of sp³-hybridized carbons (Fsp3) is 0.600. The van der Waals surface area contributed by atoms with E-state index in [2.05, 4.69) is 31.3 Å². The molecule has 2 unspecified atom stereocenters. The monoisotopic (exact) mass is 331 g/mol. The number of carbonyl (C=O) groups excluding carboxylic acids is 1. The molecule has 0 radical (unpaired) electrons. The van der Waals surface area contributed by atoms with Gasteiger partial charge in [-0.25, -0.2) is 14.4 Å². The Kier molecular flexibility index (Phi) is 7.08. The maximum absolute atomic E-state index is 11.7. The summed E-state index contributed by atoms with van der Waals surface area (Å²) in [5, 5.41) is 35.3. The number of nitrogens with zero attached hydrogens (tertiary/aromatic N) is 3. The van der Waals surface area contributed by atoms with Crippen molar-refractivity contribution in [2.75, 3.05) is 12.0 Å². The van der Waals surface area contributed by atoms with Crippen molar-refractivity contribution in [3.63, 3.8) is 0 Å². The Morgan fingerprint density at radius 3 is 2.36 bits per heavy atom. The predicted molar refractivity (Wildman–Crippen MR) is 75.4 cm³/mol. The fourth-order valence-electron chi connectivity index (χ4n) is 1.52. The van der Waals surface area contributed by atoms with Crippen molar-refractivity contribution < 1.29 is 24.6 Å². The number of hydrogen-bond acceptors (Lipinski definition) is 7. The van der Waals surface area contributed by atoms with E-state index in [0.29, 0.717) is 5.82 Å². The number of hydrogen-bond donors (Lipinski definition) is 5. The molecule has 0 aliphatic carbocycles. The summed E-state index contributed by atoms with van der Waals surface area (Å²) in [6.07, 6.45) is 1.93. The van der Waals surface area contributed by atoms with Gasteiger partial charge in [0.05, 0.1) is 0 Å². The Hall–Kier alpha value is -2.37. The third-order valence-corrected chi connectivity index (χ3v) is 3.25. The van der Waals surface area contributed by atoms with Gasteiger partial charge in [0.15, 0.2) is 5.82 Å². The van der Waals surface area contributed by atoms with Crippen molar-refractivity contribution >= 4 is 29.7 Å². The van der Waals surface area contributed by atoms with E-state index in [9.17, 15) is 14.4 Å². The average molecular weight is 331 g/mol. The average Bonchev–Trinajstić information content (AvgIpc) is 2.95. The van der Waals surface area contributed by atoms with Crippen LogP contribution in [0.15, 0.2) is 0 Å². The van der Waals surface area contributed by atoms with Gasteiger partial charge in [-0.3, -0.25) is 0 Å². The minimum Gasteiger partial charge on any atom is -0.480 e. The number of tetrazole rings is 1. The van der Waals surface area contributed by atoms with Crippen molar-refractivity contribution in [2.45, 2.75) is 24.9 Å². The van der Waals surface area contributed by atoms with E-state index in [1.807, 2.05) is 0 Å². The number of aromatic nitrogens is 4. The maximum Gasteiger partial charge on any atom is 0.327 e.